The molecule has 101 heavy (non-hydrogen) atoms. The number of carbonyl (C=O) groups excluding carboxylic acids is 6. The first kappa shape index (κ1) is 76.0. The van der Waals surface area contributed by atoms with Crippen molar-refractivity contribution in [3.8, 4) is 11.5 Å². The number of benzene rings is 6. The van der Waals surface area contributed by atoms with Crippen molar-refractivity contribution in [2.75, 3.05) is 56.3 Å². The molecular weight excluding hydrogens is 1310 g/mol. The molecule has 18 nitrogen and oxygen atoms in total. The highest BCUT2D eigenvalue weighted by Crippen LogP contribution is 2.47. The van der Waals surface area contributed by atoms with E-state index in [1.807, 2.05) is 121 Å². The Labute approximate surface area is 586 Å². The number of fused-ring (bicyclic) bond motifs is 2. The summed E-state index contributed by atoms with van der Waals surface area (Å²) < 4.78 is 117. The van der Waals surface area contributed by atoms with Crippen LogP contribution in [0.2, 0.25) is 0 Å². The number of hydrogen-bond donors (Lipinski definition) is 1. The highest BCUT2D eigenvalue weighted by Gasteiger charge is 2.50. The first-order valence-corrected chi connectivity index (χ1v) is 34.4. The number of ether oxygens (including phenoxy) is 5. The Balaban J connectivity index is 0.000000235. The maximum absolute atomic E-state index is 14.8. The third kappa shape index (κ3) is 18.7. The van der Waals surface area contributed by atoms with Gasteiger partial charge in [-0.2, -0.15) is 26.3 Å². The number of nitrogens with zero attached hydrogens (tertiary/aromatic N) is 6. The van der Waals surface area contributed by atoms with Crippen molar-refractivity contribution in [1.82, 2.24) is 19.6 Å². The van der Waals surface area contributed by atoms with E-state index in [4.69, 9.17) is 23.7 Å². The summed E-state index contributed by atoms with van der Waals surface area (Å²) in [6.45, 7) is 8.68. The zero-order chi connectivity index (χ0) is 72.8. The Morgan fingerprint density at radius 3 is 1.19 bits per heavy atom. The van der Waals surface area contributed by atoms with E-state index in [1.165, 1.54) is 45.5 Å². The minimum absolute atomic E-state index is 0.00585. The van der Waals surface area contributed by atoms with Crippen LogP contribution in [0, 0.1) is 0 Å². The Morgan fingerprint density at radius 2 is 0.861 bits per heavy atom. The number of aliphatic hydroxyl groups is 1. The minimum atomic E-state index is -4.92. The Hall–Kier alpha value is -9.16. The van der Waals surface area contributed by atoms with Gasteiger partial charge in [-0.05, 0) is 114 Å². The van der Waals surface area contributed by atoms with E-state index >= 15 is 0 Å². The lowest BCUT2D eigenvalue weighted by molar-refractivity contribution is -0.141. The third-order valence-corrected chi connectivity index (χ3v) is 18.7. The lowest BCUT2D eigenvalue weighted by Crippen LogP contribution is -2.58. The summed E-state index contributed by atoms with van der Waals surface area (Å²) in [5.41, 5.74) is -3.94. The molecular formula is C77H90F6N6O12. The van der Waals surface area contributed by atoms with Crippen molar-refractivity contribution < 1.29 is 83.9 Å². The average Bonchev–Trinajstić information content (AvgIpc) is 0.746. The summed E-state index contributed by atoms with van der Waals surface area (Å²) in [6, 6.07) is 39.3. The van der Waals surface area contributed by atoms with Crippen LogP contribution in [0.5, 0.6) is 11.5 Å². The molecule has 6 aromatic carbocycles. The van der Waals surface area contributed by atoms with Gasteiger partial charge in [-0.25, -0.2) is 9.59 Å². The highest BCUT2D eigenvalue weighted by atomic mass is 19.4. The predicted octanol–water partition coefficient (Wildman–Crippen LogP) is 15.1. The second-order valence-corrected chi connectivity index (χ2v) is 27.0. The van der Waals surface area contributed by atoms with Crippen molar-refractivity contribution in [3.05, 3.63) is 190 Å². The van der Waals surface area contributed by atoms with E-state index in [9.17, 15) is 60.2 Å². The fourth-order valence-corrected chi connectivity index (χ4v) is 13.6. The second-order valence-electron chi connectivity index (χ2n) is 27.0. The molecule has 0 bridgehead atoms. The number of hydrogen-bond acceptors (Lipinski definition) is 12. The number of halogens is 6. The average molecular weight is 1410 g/mol. The Kier molecular flexibility index (Phi) is 25.3. The second kappa shape index (κ2) is 33.5. The van der Waals surface area contributed by atoms with E-state index in [2.05, 4.69) is 0 Å². The highest BCUT2D eigenvalue weighted by molar-refractivity contribution is 6.07. The molecule has 6 amide bonds. The molecule has 542 valence electrons. The lowest BCUT2D eigenvalue weighted by Gasteiger charge is -2.42. The zero-order valence-corrected chi connectivity index (χ0v) is 58.2. The summed E-state index contributed by atoms with van der Waals surface area (Å²) in [6.07, 6.45) is -2.77. The lowest BCUT2D eigenvalue weighted by atomic mass is 9.92. The maximum atomic E-state index is 14.8. The van der Waals surface area contributed by atoms with Crippen molar-refractivity contribution in [1.29, 1.82) is 0 Å². The summed E-state index contributed by atoms with van der Waals surface area (Å²) in [5.74, 6) is -3.36. The quantitative estimate of drug-likeness (QED) is 0.0599. The number of amides is 6. The molecule has 0 radical (unpaired) electrons. The van der Waals surface area contributed by atoms with Crippen LogP contribution >= 0.6 is 0 Å². The van der Waals surface area contributed by atoms with Crippen molar-refractivity contribution in [3.63, 3.8) is 0 Å². The summed E-state index contributed by atoms with van der Waals surface area (Å²) >= 11 is 0. The molecule has 2 atom stereocenters. The molecule has 0 saturated heterocycles. The van der Waals surface area contributed by atoms with Crippen LogP contribution < -0.4 is 19.3 Å². The van der Waals surface area contributed by atoms with Crippen molar-refractivity contribution >= 4 is 47.2 Å². The van der Waals surface area contributed by atoms with E-state index in [0.717, 1.165) is 85.0 Å². The SMILES string of the molecule is CC(C)N(C(=O)c1cc2c(cc1C(F)(F)F)OC(C)(CO)C(=O)N2CCN(Cc1ccccc1)C(=O)OCc1ccccc1)C1CCCCC1.COCC1(C)Oc2cc(C(F)(F)F)c(C(=O)N(C(C)C)C3CCCCC3)cc2N(CCN(Cc2ccccc2)C(=O)OCc2ccccc2)C1=O. The summed E-state index contributed by atoms with van der Waals surface area (Å²) in [5, 5.41) is 10.2. The molecule has 2 heterocycles. The van der Waals surface area contributed by atoms with Gasteiger partial charge >= 0.3 is 24.5 Å². The summed E-state index contributed by atoms with van der Waals surface area (Å²) in [7, 11) is 1.36. The molecule has 4 aliphatic rings. The molecule has 6 aromatic rings. The molecule has 0 aromatic heterocycles. The van der Waals surface area contributed by atoms with Gasteiger partial charge in [0.1, 0.15) is 24.7 Å². The molecule has 1 N–H and O–H groups in total. The van der Waals surface area contributed by atoms with Gasteiger partial charge in [0.05, 0.1) is 46.8 Å². The van der Waals surface area contributed by atoms with Crippen LogP contribution in [0.25, 0.3) is 0 Å². The smallest absolute Gasteiger partial charge is 0.417 e. The normalized spacial score (nSPS) is 17.9. The van der Waals surface area contributed by atoms with Crippen LogP contribution in [-0.4, -0.2) is 142 Å². The van der Waals surface area contributed by atoms with Crippen molar-refractivity contribution in [2.24, 2.45) is 0 Å². The molecule has 2 unspecified atom stereocenters. The van der Waals surface area contributed by atoms with E-state index in [0.29, 0.717) is 25.7 Å². The molecule has 10 rings (SSSR count). The standard InChI is InChI=1S/C39H46F3N3O6.C38H44F3N3O6/c1-27(2)45(30-18-12-7-13-19-30)35(46)31-22-33-34(23-32(31)39(40,41)42)51-38(3,26-49-4)36(47)44(33)21-20-43(24-28-14-8-5-9-15-28)37(48)50-25-29-16-10-6-11-17-29;1-26(2)44(29-17-11-6-12-18-29)34(46)30-21-32-33(22-31(30)38(39,40)41)50-37(3,25-45)35(47)43(32)20-19-42(23-27-13-7-4-8-14-27)36(48)49-24-28-15-9-5-10-16-28/h5-6,8-11,14-17,22-23,27,30H,7,12-13,18-21,24-26H2,1-4H3;4-5,7-10,13-16,21-22,26,29,45H,6,11-12,17-20,23-25H2,1-3H3. The number of rotatable bonds is 23. The van der Waals surface area contributed by atoms with Gasteiger partial charge in [0.2, 0.25) is 11.2 Å². The predicted molar refractivity (Wildman–Crippen MR) is 368 cm³/mol. The van der Waals surface area contributed by atoms with E-state index in [-0.39, 0.29) is 106 Å². The van der Waals surface area contributed by atoms with Gasteiger partial charge in [-0.15, -0.1) is 0 Å². The minimum Gasteiger partial charge on any atom is -0.473 e. The van der Waals surface area contributed by atoms with Gasteiger partial charge in [0.15, 0.2) is 0 Å². The molecule has 2 aliphatic carbocycles. The number of anilines is 2. The fourth-order valence-electron chi connectivity index (χ4n) is 13.6. The fraction of sp³-hybridized carbons (Fsp3) is 0.455. The zero-order valence-electron chi connectivity index (χ0n) is 58.2. The summed E-state index contributed by atoms with van der Waals surface area (Å²) in [4.78, 5) is 91.8. The Morgan fingerprint density at radius 1 is 0.525 bits per heavy atom. The molecule has 2 saturated carbocycles. The van der Waals surface area contributed by atoms with Gasteiger partial charge in [-0.1, -0.05) is 160 Å². The van der Waals surface area contributed by atoms with Gasteiger partial charge in [-0.3, -0.25) is 19.2 Å². The van der Waals surface area contributed by atoms with Crippen LogP contribution in [-0.2, 0) is 62.5 Å². The van der Waals surface area contributed by atoms with E-state index in [1.54, 1.807) is 32.6 Å². The maximum Gasteiger partial charge on any atom is 0.417 e. The number of alkyl halides is 6. The Bertz CT molecular complexity index is 3800. The molecule has 0 spiro atoms. The molecule has 2 fully saturated rings. The number of methoxy groups -OCH3 is 1. The topological polar surface area (TPSA) is 188 Å². The number of carbonyl (C=O) groups is 6. The van der Waals surface area contributed by atoms with Crippen LogP contribution in [0.3, 0.4) is 0 Å². The molecule has 2 aliphatic heterocycles. The first-order valence-electron chi connectivity index (χ1n) is 34.4. The van der Waals surface area contributed by atoms with Crippen LogP contribution in [0.1, 0.15) is 160 Å². The third-order valence-electron chi connectivity index (χ3n) is 18.7. The first-order chi connectivity index (χ1) is 48.1. The monoisotopic (exact) mass is 1400 g/mol. The van der Waals surface area contributed by atoms with Gasteiger partial charge < -0.3 is 58.2 Å². The van der Waals surface area contributed by atoms with Crippen LogP contribution in [0.4, 0.5) is 47.3 Å². The van der Waals surface area contributed by atoms with Gasteiger partial charge in [0.25, 0.3) is 23.6 Å². The van der Waals surface area contributed by atoms with E-state index < -0.39 is 88.2 Å². The molecule has 24 heteroatoms. The van der Waals surface area contributed by atoms with Crippen LogP contribution in [0.15, 0.2) is 146 Å². The van der Waals surface area contributed by atoms with Crippen molar-refractivity contribution in [2.45, 2.75) is 180 Å². The number of aliphatic hydroxyl groups excluding tert-OH is 1. The largest absolute Gasteiger partial charge is 0.473 e. The van der Waals surface area contributed by atoms with Gasteiger partial charge in [0, 0.05) is 70.5 Å².